The summed E-state index contributed by atoms with van der Waals surface area (Å²) >= 11 is 11.5. The third kappa shape index (κ3) is 1.60. The highest BCUT2D eigenvalue weighted by molar-refractivity contribution is 6.35. The first-order valence-corrected chi connectivity index (χ1v) is 4.61. The minimum Gasteiger partial charge on any atom is -0.219 e. The Balaban J connectivity index is 2.50. The fourth-order valence-electron chi connectivity index (χ4n) is 1.04. The molecule has 5 heteroatoms. The number of halogens is 2. The van der Waals surface area contributed by atoms with Gasteiger partial charge in [0.05, 0.1) is 0 Å². The quantitative estimate of drug-likeness (QED) is 0.675. The van der Waals surface area contributed by atoms with Gasteiger partial charge in [0, 0.05) is 5.92 Å². The molecule has 1 fully saturated rings. The average Bonchev–Trinajstić information content (AvgIpc) is 2.85. The Bertz CT molecular complexity index is 370. The fourth-order valence-corrected chi connectivity index (χ4v) is 1.52. The molecule has 1 aliphatic carbocycles. The lowest BCUT2D eigenvalue weighted by molar-refractivity contribution is 0.923. The summed E-state index contributed by atoms with van der Waals surface area (Å²) in [6.07, 6.45) is 2.16. The maximum absolute atomic E-state index is 8.65. The lowest BCUT2D eigenvalue weighted by atomic mass is 10.3. The Morgan fingerprint density at radius 2 is 1.77 bits per heavy atom. The fraction of sp³-hybridized carbons (Fsp3) is 0.375. The number of nitriles is 1. The second-order valence-corrected chi connectivity index (χ2v) is 3.64. The van der Waals surface area contributed by atoms with E-state index >= 15 is 0 Å². The molecule has 0 N–H and O–H groups in total. The van der Waals surface area contributed by atoms with Gasteiger partial charge >= 0.3 is 0 Å². The van der Waals surface area contributed by atoms with E-state index in [4.69, 9.17) is 28.5 Å². The maximum atomic E-state index is 8.65. The largest absolute Gasteiger partial charge is 0.219 e. The summed E-state index contributed by atoms with van der Waals surface area (Å²) in [5.74, 6) is 1.05. The Morgan fingerprint density at radius 3 is 2.15 bits per heavy atom. The smallest absolute Gasteiger partial charge is 0.152 e. The highest BCUT2D eigenvalue weighted by Crippen LogP contribution is 2.39. The van der Waals surface area contributed by atoms with Crippen molar-refractivity contribution >= 4 is 23.2 Å². The number of hydrogen-bond donors (Lipinski definition) is 0. The average molecular weight is 214 g/mol. The Kier molecular flexibility index (Phi) is 2.10. The number of aromatic nitrogens is 2. The predicted octanol–water partition coefficient (Wildman–Crippen LogP) is 2.53. The molecule has 66 valence electrons. The van der Waals surface area contributed by atoms with Gasteiger partial charge in [-0.3, -0.25) is 0 Å². The molecule has 0 atom stereocenters. The number of nitrogens with zero attached hydrogens (tertiary/aromatic N) is 3. The van der Waals surface area contributed by atoms with Gasteiger partial charge in [-0.1, -0.05) is 23.2 Å². The maximum Gasteiger partial charge on any atom is 0.152 e. The van der Waals surface area contributed by atoms with Crippen molar-refractivity contribution in [1.29, 1.82) is 5.26 Å². The van der Waals surface area contributed by atoms with Crippen LogP contribution in [-0.4, -0.2) is 9.97 Å². The van der Waals surface area contributed by atoms with E-state index in [0.717, 1.165) is 12.8 Å². The molecule has 0 radical (unpaired) electrons. The molecule has 1 heterocycles. The number of hydrogen-bond acceptors (Lipinski definition) is 3. The Labute approximate surface area is 85.3 Å². The molecule has 0 unspecified atom stereocenters. The molecule has 0 aromatic carbocycles. The van der Waals surface area contributed by atoms with Crippen LogP contribution >= 0.6 is 23.2 Å². The Morgan fingerprint density at radius 1 is 1.23 bits per heavy atom. The minimum atomic E-state index is 0.157. The van der Waals surface area contributed by atoms with Gasteiger partial charge in [-0.05, 0) is 12.8 Å². The van der Waals surface area contributed by atoms with Crippen LogP contribution in [-0.2, 0) is 0 Å². The minimum absolute atomic E-state index is 0.157. The molecule has 0 spiro atoms. The van der Waals surface area contributed by atoms with Gasteiger partial charge in [-0.25, -0.2) is 9.97 Å². The topological polar surface area (TPSA) is 49.6 Å². The molecule has 0 bridgehead atoms. The molecule has 1 aliphatic rings. The summed E-state index contributed by atoms with van der Waals surface area (Å²) in [5, 5.41) is 8.96. The third-order valence-corrected chi connectivity index (χ3v) is 2.44. The van der Waals surface area contributed by atoms with E-state index in [0.29, 0.717) is 11.7 Å². The van der Waals surface area contributed by atoms with Gasteiger partial charge in [0.25, 0.3) is 0 Å². The molecular weight excluding hydrogens is 209 g/mol. The van der Waals surface area contributed by atoms with Crippen LogP contribution in [0.5, 0.6) is 0 Å². The molecule has 1 saturated carbocycles. The third-order valence-electron chi connectivity index (χ3n) is 1.89. The second kappa shape index (κ2) is 3.13. The van der Waals surface area contributed by atoms with Crippen molar-refractivity contribution in [1.82, 2.24) is 9.97 Å². The van der Waals surface area contributed by atoms with Crippen molar-refractivity contribution in [2.75, 3.05) is 0 Å². The van der Waals surface area contributed by atoms with Crippen LogP contribution in [0.1, 0.15) is 30.1 Å². The first-order valence-electron chi connectivity index (χ1n) is 3.85. The molecule has 0 amide bonds. The first-order chi connectivity index (χ1) is 6.22. The molecule has 13 heavy (non-hydrogen) atoms. The van der Waals surface area contributed by atoms with Crippen molar-refractivity contribution in [3.8, 4) is 6.07 Å². The van der Waals surface area contributed by atoms with Gasteiger partial charge < -0.3 is 0 Å². The van der Waals surface area contributed by atoms with Crippen LogP contribution in [0.4, 0.5) is 0 Å². The van der Waals surface area contributed by atoms with Crippen LogP contribution < -0.4 is 0 Å². The van der Waals surface area contributed by atoms with E-state index in [9.17, 15) is 0 Å². The van der Waals surface area contributed by atoms with Crippen molar-refractivity contribution in [2.45, 2.75) is 18.8 Å². The molecule has 1 aromatic heterocycles. The zero-order chi connectivity index (χ0) is 9.42. The monoisotopic (exact) mass is 213 g/mol. The highest BCUT2D eigenvalue weighted by Gasteiger charge is 2.28. The second-order valence-electron chi connectivity index (χ2n) is 2.92. The van der Waals surface area contributed by atoms with Gasteiger partial charge in [-0.15, -0.1) is 0 Å². The van der Waals surface area contributed by atoms with Crippen molar-refractivity contribution < 1.29 is 0 Å². The normalized spacial score (nSPS) is 15.5. The van der Waals surface area contributed by atoms with Gasteiger partial charge in [-0.2, -0.15) is 5.26 Å². The van der Waals surface area contributed by atoms with E-state index in [2.05, 4.69) is 9.97 Å². The Hall–Kier alpha value is -0.850. The summed E-state index contributed by atoms with van der Waals surface area (Å²) in [6.45, 7) is 0. The molecule has 0 saturated heterocycles. The summed E-state index contributed by atoms with van der Waals surface area (Å²) in [7, 11) is 0. The predicted molar refractivity (Wildman–Crippen MR) is 48.7 cm³/mol. The summed E-state index contributed by atoms with van der Waals surface area (Å²) in [5.41, 5.74) is 0.160. The van der Waals surface area contributed by atoms with Gasteiger partial charge in [0.15, 0.2) is 10.3 Å². The van der Waals surface area contributed by atoms with Gasteiger partial charge in [0.2, 0.25) is 0 Å². The zero-order valence-electron chi connectivity index (χ0n) is 6.59. The lowest BCUT2D eigenvalue weighted by Gasteiger charge is -2.00. The summed E-state index contributed by atoms with van der Waals surface area (Å²) in [4.78, 5) is 8.03. The van der Waals surface area contributed by atoms with E-state index in [1.54, 1.807) is 0 Å². The van der Waals surface area contributed by atoms with Crippen LogP contribution in [0.3, 0.4) is 0 Å². The van der Waals surface area contributed by atoms with Crippen LogP contribution in [0.15, 0.2) is 0 Å². The first kappa shape index (κ1) is 8.74. The van der Waals surface area contributed by atoms with Crippen molar-refractivity contribution in [3.05, 3.63) is 21.7 Å². The highest BCUT2D eigenvalue weighted by atomic mass is 35.5. The van der Waals surface area contributed by atoms with Crippen LogP contribution in [0.25, 0.3) is 0 Å². The van der Waals surface area contributed by atoms with E-state index in [1.165, 1.54) is 0 Å². The van der Waals surface area contributed by atoms with E-state index in [-0.39, 0.29) is 15.9 Å². The molecule has 2 rings (SSSR count). The lowest BCUT2D eigenvalue weighted by Crippen LogP contribution is -1.96. The zero-order valence-corrected chi connectivity index (χ0v) is 8.10. The summed E-state index contributed by atoms with van der Waals surface area (Å²) < 4.78 is 0. The standard InChI is InChI=1S/C8H5Cl2N3/c9-6-5(3-11)7(10)13-8(12-6)4-1-2-4/h4H,1-2H2. The molecular formula is C8H5Cl2N3. The molecule has 1 aromatic rings. The van der Waals surface area contributed by atoms with Crippen molar-refractivity contribution in [3.63, 3.8) is 0 Å². The van der Waals surface area contributed by atoms with Crippen LogP contribution in [0, 0.1) is 11.3 Å². The number of rotatable bonds is 1. The molecule has 0 aliphatic heterocycles. The summed E-state index contributed by atoms with van der Waals surface area (Å²) in [6, 6.07) is 1.86. The van der Waals surface area contributed by atoms with Gasteiger partial charge in [0.1, 0.15) is 17.5 Å². The molecule has 3 nitrogen and oxygen atoms in total. The van der Waals surface area contributed by atoms with E-state index < -0.39 is 0 Å². The van der Waals surface area contributed by atoms with Crippen molar-refractivity contribution in [2.24, 2.45) is 0 Å². The van der Waals surface area contributed by atoms with E-state index in [1.807, 2.05) is 6.07 Å². The van der Waals surface area contributed by atoms with Crippen LogP contribution in [0.2, 0.25) is 10.3 Å². The SMILES string of the molecule is N#Cc1c(Cl)nc(C2CC2)nc1Cl.